The van der Waals surface area contributed by atoms with Crippen molar-refractivity contribution in [3.63, 3.8) is 0 Å². The molecule has 6 heteroatoms. The van der Waals surface area contributed by atoms with Gasteiger partial charge in [-0.25, -0.2) is 0 Å². The van der Waals surface area contributed by atoms with Crippen molar-refractivity contribution in [1.29, 1.82) is 0 Å². The summed E-state index contributed by atoms with van der Waals surface area (Å²) in [5.41, 5.74) is 7.21. The van der Waals surface area contributed by atoms with Crippen LogP contribution in [0.2, 0.25) is 5.02 Å². The van der Waals surface area contributed by atoms with Crippen LogP contribution < -0.4 is 11.1 Å². The molecule has 3 nitrogen and oxygen atoms in total. The molecule has 2 atom stereocenters. The van der Waals surface area contributed by atoms with E-state index in [9.17, 15) is 0 Å². The quantitative estimate of drug-likeness (QED) is 0.413. The summed E-state index contributed by atoms with van der Waals surface area (Å²) in [4.78, 5) is 5.73. The predicted octanol–water partition coefficient (Wildman–Crippen LogP) is 4.02. The Bertz CT molecular complexity index is 630. The summed E-state index contributed by atoms with van der Waals surface area (Å²) in [5.74, 6) is 1.04. The number of hydrogen-bond acceptors (Lipinski definition) is 2. The van der Waals surface area contributed by atoms with Crippen LogP contribution >= 0.6 is 46.9 Å². The highest BCUT2D eigenvalue weighted by Gasteiger charge is 2.38. The number of nitrogens with two attached hydrogens (primary N) is 1. The topological polar surface area (TPSA) is 50.4 Å². The van der Waals surface area contributed by atoms with Crippen LogP contribution in [-0.2, 0) is 6.42 Å². The van der Waals surface area contributed by atoms with E-state index in [0.29, 0.717) is 17.9 Å². The van der Waals surface area contributed by atoms with Crippen LogP contribution in [0.5, 0.6) is 0 Å². The normalized spacial score (nSPS) is 20.3. The monoisotopic (exact) mass is 447 g/mol. The van der Waals surface area contributed by atoms with E-state index < -0.39 is 0 Å². The molecule has 0 spiro atoms. The third-order valence-electron chi connectivity index (χ3n) is 3.62. The minimum atomic E-state index is 0. The van der Waals surface area contributed by atoms with E-state index in [0.717, 1.165) is 24.4 Å². The molecule has 3 rings (SSSR count). The molecule has 1 aliphatic rings. The summed E-state index contributed by atoms with van der Waals surface area (Å²) in [7, 11) is 0. The number of halogens is 2. The van der Waals surface area contributed by atoms with Gasteiger partial charge in [-0.3, -0.25) is 4.99 Å². The standard InChI is InChI=1S/C16H18ClN3S.HI/c17-12-4-1-3-11(9-12)14-10-15(14)20-16(18)19-7-6-13-5-2-8-21-13;/h1-5,8-9,14-15H,6-7,10H2,(H3,18,19,20);1H/t14-,15+;/m0./s1. The smallest absolute Gasteiger partial charge is 0.188 e. The van der Waals surface area contributed by atoms with Crippen LogP contribution in [0.25, 0.3) is 0 Å². The number of thiophene rings is 1. The zero-order valence-corrected chi connectivity index (χ0v) is 15.9. The Balaban J connectivity index is 0.00000176. The van der Waals surface area contributed by atoms with E-state index in [-0.39, 0.29) is 24.0 Å². The molecule has 1 fully saturated rings. The molecule has 0 amide bonds. The Labute approximate surface area is 157 Å². The van der Waals surface area contributed by atoms with Gasteiger partial charge in [0.15, 0.2) is 5.96 Å². The lowest BCUT2D eigenvalue weighted by Gasteiger charge is -2.05. The molecular formula is C16H19ClIN3S. The Morgan fingerprint density at radius 3 is 2.95 bits per heavy atom. The molecule has 2 aromatic rings. The fourth-order valence-corrected chi connectivity index (χ4v) is 3.33. The number of nitrogens with one attached hydrogen (secondary N) is 1. The van der Waals surface area contributed by atoms with Crippen LogP contribution in [0.15, 0.2) is 46.8 Å². The van der Waals surface area contributed by atoms with E-state index in [4.69, 9.17) is 17.3 Å². The fraction of sp³-hybridized carbons (Fsp3) is 0.312. The predicted molar refractivity (Wildman–Crippen MR) is 106 cm³/mol. The van der Waals surface area contributed by atoms with Gasteiger partial charge in [0.25, 0.3) is 0 Å². The van der Waals surface area contributed by atoms with Gasteiger partial charge >= 0.3 is 0 Å². The molecule has 3 N–H and O–H groups in total. The minimum Gasteiger partial charge on any atom is -0.370 e. The van der Waals surface area contributed by atoms with Gasteiger partial charge < -0.3 is 11.1 Å². The first kappa shape index (κ1) is 17.6. The molecule has 0 aliphatic heterocycles. The molecule has 1 saturated carbocycles. The molecule has 1 aromatic heterocycles. The van der Waals surface area contributed by atoms with Gasteiger partial charge in [-0.05, 0) is 35.6 Å². The highest BCUT2D eigenvalue weighted by Crippen LogP contribution is 2.41. The Morgan fingerprint density at radius 2 is 2.23 bits per heavy atom. The largest absolute Gasteiger partial charge is 0.370 e. The number of rotatable bonds is 5. The minimum absolute atomic E-state index is 0. The Morgan fingerprint density at radius 1 is 1.36 bits per heavy atom. The fourth-order valence-electron chi connectivity index (χ4n) is 2.44. The van der Waals surface area contributed by atoms with Crippen molar-refractivity contribution in [2.75, 3.05) is 6.54 Å². The lowest BCUT2D eigenvalue weighted by Crippen LogP contribution is -2.34. The van der Waals surface area contributed by atoms with Gasteiger partial charge in [-0.1, -0.05) is 29.8 Å². The molecule has 22 heavy (non-hydrogen) atoms. The van der Waals surface area contributed by atoms with E-state index in [1.807, 2.05) is 18.2 Å². The number of guanidine groups is 1. The molecule has 118 valence electrons. The highest BCUT2D eigenvalue weighted by molar-refractivity contribution is 14.0. The van der Waals surface area contributed by atoms with E-state index in [1.54, 1.807) is 11.3 Å². The van der Waals surface area contributed by atoms with Crippen molar-refractivity contribution in [2.45, 2.75) is 24.8 Å². The average molecular weight is 448 g/mol. The second-order valence-corrected chi connectivity index (χ2v) is 6.71. The van der Waals surface area contributed by atoms with Gasteiger partial charge in [-0.15, -0.1) is 35.3 Å². The summed E-state index contributed by atoms with van der Waals surface area (Å²) >= 11 is 7.78. The van der Waals surface area contributed by atoms with Crippen LogP contribution in [0.4, 0.5) is 0 Å². The number of aliphatic imine (C=N–C) groups is 1. The van der Waals surface area contributed by atoms with E-state index >= 15 is 0 Å². The Hall–Kier alpha value is -0.790. The first-order valence-electron chi connectivity index (χ1n) is 7.06. The van der Waals surface area contributed by atoms with Gasteiger partial charge in [0, 0.05) is 34.8 Å². The third-order valence-corrected chi connectivity index (χ3v) is 4.79. The molecule has 0 saturated heterocycles. The number of hydrogen-bond donors (Lipinski definition) is 2. The lowest BCUT2D eigenvalue weighted by atomic mass is 10.1. The Kier molecular flexibility index (Phi) is 6.52. The van der Waals surface area contributed by atoms with Crippen LogP contribution in [0.3, 0.4) is 0 Å². The second kappa shape index (κ2) is 8.17. The summed E-state index contributed by atoms with van der Waals surface area (Å²) in [6.45, 7) is 0.730. The van der Waals surface area contributed by atoms with Gasteiger partial charge in [0.1, 0.15) is 0 Å². The maximum atomic E-state index is 6.02. The number of benzene rings is 1. The second-order valence-electron chi connectivity index (χ2n) is 5.24. The van der Waals surface area contributed by atoms with Gasteiger partial charge in [0.05, 0.1) is 0 Å². The molecule has 0 radical (unpaired) electrons. The first-order valence-corrected chi connectivity index (χ1v) is 8.32. The maximum absolute atomic E-state index is 6.02. The molecule has 0 bridgehead atoms. The molecular weight excluding hydrogens is 429 g/mol. The SMILES string of the molecule is I.NC(=NCCc1cccs1)N[C@@H]1C[C@H]1c1cccc(Cl)c1. The average Bonchev–Trinajstić information content (AvgIpc) is 3.02. The first-order chi connectivity index (χ1) is 10.2. The van der Waals surface area contributed by atoms with Crippen molar-refractivity contribution in [3.8, 4) is 0 Å². The third kappa shape index (κ3) is 4.86. The highest BCUT2D eigenvalue weighted by atomic mass is 127. The molecule has 1 aromatic carbocycles. The summed E-state index contributed by atoms with van der Waals surface area (Å²) < 4.78 is 0. The van der Waals surface area contributed by atoms with Crippen molar-refractivity contribution >= 4 is 52.9 Å². The zero-order valence-electron chi connectivity index (χ0n) is 12.0. The lowest BCUT2D eigenvalue weighted by molar-refractivity contribution is 0.844. The molecule has 0 unspecified atom stereocenters. The van der Waals surface area contributed by atoms with E-state index in [2.05, 4.69) is 33.9 Å². The number of nitrogens with zero attached hydrogens (tertiary/aromatic N) is 1. The maximum Gasteiger partial charge on any atom is 0.188 e. The van der Waals surface area contributed by atoms with Crippen LogP contribution in [-0.4, -0.2) is 18.5 Å². The van der Waals surface area contributed by atoms with E-state index in [1.165, 1.54) is 10.4 Å². The summed E-state index contributed by atoms with van der Waals surface area (Å²) in [5, 5.41) is 6.16. The van der Waals surface area contributed by atoms with Crippen molar-refractivity contribution in [1.82, 2.24) is 5.32 Å². The van der Waals surface area contributed by atoms with Crippen LogP contribution in [0.1, 0.15) is 22.8 Å². The molecule has 1 heterocycles. The van der Waals surface area contributed by atoms with Crippen molar-refractivity contribution in [3.05, 3.63) is 57.2 Å². The van der Waals surface area contributed by atoms with Crippen molar-refractivity contribution in [2.24, 2.45) is 10.7 Å². The van der Waals surface area contributed by atoms with Crippen LogP contribution in [0, 0.1) is 0 Å². The van der Waals surface area contributed by atoms with Crippen molar-refractivity contribution < 1.29 is 0 Å². The van der Waals surface area contributed by atoms with Gasteiger partial charge in [-0.2, -0.15) is 0 Å². The van der Waals surface area contributed by atoms with Gasteiger partial charge in [0.2, 0.25) is 0 Å². The summed E-state index contributed by atoms with van der Waals surface area (Å²) in [6, 6.07) is 12.6. The summed E-state index contributed by atoms with van der Waals surface area (Å²) in [6.07, 6.45) is 2.03. The zero-order chi connectivity index (χ0) is 14.7. The molecule has 1 aliphatic carbocycles.